The molecule has 8 nitrogen and oxygen atoms in total. The number of primary amides is 1. The van der Waals surface area contributed by atoms with Crippen molar-refractivity contribution in [1.82, 2.24) is 4.57 Å². The number of fused-ring (bicyclic) bond motifs is 1. The van der Waals surface area contributed by atoms with E-state index in [0.717, 1.165) is 22.0 Å². The molecule has 3 rings (SSSR count). The molecule has 0 aromatic carbocycles. The van der Waals surface area contributed by atoms with Crippen molar-refractivity contribution >= 4 is 52.0 Å². The third-order valence-electron chi connectivity index (χ3n) is 3.81. The van der Waals surface area contributed by atoms with E-state index in [0.29, 0.717) is 4.88 Å². The number of nitrogens with two attached hydrogens (primary N) is 2. The van der Waals surface area contributed by atoms with Crippen molar-refractivity contribution < 1.29 is 14.3 Å². The highest BCUT2D eigenvalue weighted by molar-refractivity contribution is 7.10. The second-order valence-corrected chi connectivity index (χ2v) is 7.23. The minimum atomic E-state index is -0.775. The first-order valence-corrected chi connectivity index (χ1v) is 8.89. The van der Waals surface area contributed by atoms with Gasteiger partial charge in [-0.2, -0.15) is 5.26 Å². The Morgan fingerprint density at radius 1 is 1.46 bits per heavy atom. The molecule has 10 heteroatoms. The van der Waals surface area contributed by atoms with Gasteiger partial charge in [-0.1, -0.05) is 6.07 Å². The summed E-state index contributed by atoms with van der Waals surface area (Å²) >= 11 is 2.23. The Morgan fingerprint density at radius 2 is 2.19 bits per heavy atom. The molecule has 0 saturated carbocycles. The number of aromatic nitrogens is 1. The number of allylic oxidation sites excluding steroid dienone is 1. The van der Waals surface area contributed by atoms with Gasteiger partial charge in [0.15, 0.2) is 0 Å². The molecular formula is C16H12N4O4S2. The molecule has 1 aliphatic rings. The number of methoxy groups -OCH3 is 1. The van der Waals surface area contributed by atoms with Crippen molar-refractivity contribution in [3.63, 3.8) is 0 Å². The van der Waals surface area contributed by atoms with Crippen molar-refractivity contribution in [1.29, 1.82) is 5.26 Å². The smallest absolute Gasteiger partial charge is 0.332 e. The monoisotopic (exact) mass is 388 g/mol. The van der Waals surface area contributed by atoms with Crippen molar-refractivity contribution in [3.05, 3.63) is 47.5 Å². The summed E-state index contributed by atoms with van der Waals surface area (Å²) in [6.07, 6.45) is 1.01. The van der Waals surface area contributed by atoms with Gasteiger partial charge in [0.1, 0.15) is 15.0 Å². The number of hydrogen-bond acceptors (Lipinski definition) is 8. The molecule has 26 heavy (non-hydrogen) atoms. The van der Waals surface area contributed by atoms with Crippen LogP contribution in [0.4, 0.5) is 0 Å². The van der Waals surface area contributed by atoms with Gasteiger partial charge in [0, 0.05) is 11.0 Å². The second-order valence-electron chi connectivity index (χ2n) is 5.22. The predicted molar refractivity (Wildman–Crippen MR) is 97.0 cm³/mol. The summed E-state index contributed by atoms with van der Waals surface area (Å²) in [4.78, 5) is 37.0. The number of thiazole rings is 1. The summed E-state index contributed by atoms with van der Waals surface area (Å²) in [6, 6.07) is 5.51. The maximum absolute atomic E-state index is 12.6. The molecule has 1 aliphatic heterocycles. The topological polar surface area (TPSA) is 141 Å². The van der Waals surface area contributed by atoms with Crippen LogP contribution in [0.2, 0.25) is 0 Å². The molecule has 132 valence electrons. The number of thiophene rings is 1. The number of carbonyl (C=O) groups is 2. The fourth-order valence-electron chi connectivity index (χ4n) is 2.69. The summed E-state index contributed by atoms with van der Waals surface area (Å²) in [5, 5.41) is 11.4. The Kier molecular flexibility index (Phi) is 4.50. The van der Waals surface area contributed by atoms with E-state index in [9.17, 15) is 19.6 Å². The highest BCUT2D eigenvalue weighted by Gasteiger charge is 2.35. The van der Waals surface area contributed by atoms with Gasteiger partial charge in [-0.25, -0.2) is 4.79 Å². The lowest BCUT2D eigenvalue weighted by Crippen LogP contribution is -2.40. The molecule has 3 heterocycles. The normalized spacial score (nSPS) is 17.0. The molecule has 4 N–H and O–H groups in total. The zero-order valence-electron chi connectivity index (χ0n) is 13.4. The average molecular weight is 388 g/mol. The molecule has 1 unspecified atom stereocenters. The standard InChI is InChI=1S/C16H12N4O4S2/c1-24-10(21)5-9-15(23)20-13(18)7(6-17)11(8-3-2-4-25-8)12(14(19)22)16(20)26-9/h2-5,11H,18H2,1H3,(H2,19,22)/b9-5-. The number of carbonyl (C=O) groups excluding carboxylic acids is 2. The van der Waals surface area contributed by atoms with Crippen LogP contribution in [-0.4, -0.2) is 23.6 Å². The summed E-state index contributed by atoms with van der Waals surface area (Å²) in [6.45, 7) is 0. The third kappa shape index (κ3) is 2.63. The molecule has 0 saturated heterocycles. The fourth-order valence-corrected chi connectivity index (χ4v) is 4.68. The molecule has 1 atom stereocenters. The highest BCUT2D eigenvalue weighted by atomic mass is 32.1. The van der Waals surface area contributed by atoms with Crippen LogP contribution in [0.3, 0.4) is 0 Å². The number of amides is 1. The first kappa shape index (κ1) is 17.7. The second kappa shape index (κ2) is 6.62. The van der Waals surface area contributed by atoms with E-state index < -0.39 is 23.4 Å². The zero-order chi connectivity index (χ0) is 19.0. The molecule has 1 amide bonds. The lowest BCUT2D eigenvalue weighted by atomic mass is 9.88. The van der Waals surface area contributed by atoms with Crippen LogP contribution in [0.25, 0.3) is 17.5 Å². The van der Waals surface area contributed by atoms with Gasteiger partial charge in [-0.3, -0.25) is 14.2 Å². The molecule has 0 fully saturated rings. The minimum absolute atomic E-state index is 0.0256. The number of esters is 1. The van der Waals surface area contributed by atoms with E-state index in [-0.39, 0.29) is 26.2 Å². The fraction of sp³-hybridized carbons (Fsp3) is 0.125. The van der Waals surface area contributed by atoms with Gasteiger partial charge in [0.05, 0.1) is 30.2 Å². The van der Waals surface area contributed by atoms with Crippen molar-refractivity contribution in [2.24, 2.45) is 11.5 Å². The van der Waals surface area contributed by atoms with Gasteiger partial charge in [0.25, 0.3) is 5.56 Å². The Bertz CT molecular complexity index is 1160. The molecule has 0 spiro atoms. The summed E-state index contributed by atoms with van der Waals surface area (Å²) in [5.74, 6) is -2.35. The maximum Gasteiger partial charge on any atom is 0.332 e. The number of hydrogen-bond donors (Lipinski definition) is 2. The van der Waals surface area contributed by atoms with E-state index in [2.05, 4.69) is 4.74 Å². The van der Waals surface area contributed by atoms with Crippen molar-refractivity contribution in [3.8, 4) is 6.07 Å². The highest BCUT2D eigenvalue weighted by Crippen LogP contribution is 2.37. The van der Waals surface area contributed by atoms with Crippen LogP contribution in [0.1, 0.15) is 10.8 Å². The number of rotatable bonds is 3. The molecule has 0 aliphatic carbocycles. The minimum Gasteiger partial charge on any atom is -0.466 e. The molecule has 0 radical (unpaired) electrons. The quantitative estimate of drug-likeness (QED) is 0.647. The Hall–Kier alpha value is -3.16. The van der Waals surface area contributed by atoms with Gasteiger partial charge >= 0.3 is 5.97 Å². The van der Waals surface area contributed by atoms with Crippen LogP contribution < -0.4 is 26.2 Å². The van der Waals surface area contributed by atoms with Crippen molar-refractivity contribution in [2.45, 2.75) is 5.92 Å². The van der Waals surface area contributed by atoms with E-state index >= 15 is 0 Å². The van der Waals surface area contributed by atoms with E-state index in [1.165, 1.54) is 18.4 Å². The number of nitriles is 1. The van der Waals surface area contributed by atoms with Gasteiger partial charge < -0.3 is 16.2 Å². The SMILES string of the molecule is COC(=O)/C=c1\sc2n(c1=O)C(N)=C(C#N)C(c1cccs1)C=2C(N)=O. The van der Waals surface area contributed by atoms with Crippen LogP contribution >= 0.6 is 22.7 Å². The first-order chi connectivity index (χ1) is 12.4. The Morgan fingerprint density at radius 3 is 2.73 bits per heavy atom. The van der Waals surface area contributed by atoms with Crippen LogP contribution in [0.5, 0.6) is 0 Å². The van der Waals surface area contributed by atoms with E-state index in [1.807, 2.05) is 6.07 Å². The van der Waals surface area contributed by atoms with E-state index in [1.54, 1.807) is 17.5 Å². The van der Waals surface area contributed by atoms with Gasteiger partial charge in [-0.15, -0.1) is 22.7 Å². The molecular weight excluding hydrogens is 376 g/mol. The summed E-state index contributed by atoms with van der Waals surface area (Å²) in [5.41, 5.74) is 11.2. The molecule has 2 aromatic rings. The number of nitrogens with zero attached hydrogens (tertiary/aromatic N) is 2. The van der Waals surface area contributed by atoms with Crippen molar-refractivity contribution in [2.75, 3.05) is 7.11 Å². The summed E-state index contributed by atoms with van der Waals surface area (Å²) < 4.78 is 5.81. The van der Waals surface area contributed by atoms with Gasteiger partial charge in [0.2, 0.25) is 5.91 Å². The largest absolute Gasteiger partial charge is 0.466 e. The molecule has 0 bridgehead atoms. The van der Waals surface area contributed by atoms with Gasteiger partial charge in [-0.05, 0) is 11.4 Å². The number of ether oxygens (including phenoxy) is 1. The van der Waals surface area contributed by atoms with E-state index in [4.69, 9.17) is 11.5 Å². The lowest BCUT2D eigenvalue weighted by molar-refractivity contribution is -0.133. The summed E-state index contributed by atoms with van der Waals surface area (Å²) in [7, 11) is 1.18. The lowest BCUT2D eigenvalue weighted by Gasteiger charge is -2.22. The Balaban J connectivity index is 2.49. The maximum atomic E-state index is 12.6. The van der Waals surface area contributed by atoms with Crippen LogP contribution in [-0.2, 0) is 14.3 Å². The van der Waals surface area contributed by atoms with Crippen LogP contribution in [0.15, 0.2) is 27.9 Å². The average Bonchev–Trinajstić information content (AvgIpc) is 3.23. The predicted octanol–water partition coefficient (Wildman–Crippen LogP) is -0.991. The first-order valence-electron chi connectivity index (χ1n) is 7.19. The zero-order valence-corrected chi connectivity index (χ0v) is 15.0. The Labute approximate surface area is 154 Å². The molecule has 2 aromatic heterocycles. The van der Waals surface area contributed by atoms with Crippen LogP contribution in [0, 0.1) is 11.3 Å². The third-order valence-corrected chi connectivity index (χ3v) is 5.86.